The minimum Gasteiger partial charge on any atom is -0.370 e. The number of nitrogens with one attached hydrogen (secondary N) is 2. The first-order valence-electron chi connectivity index (χ1n) is 8.67. The Hall–Kier alpha value is -1.92. The molecule has 1 aromatic carbocycles. The van der Waals surface area contributed by atoms with Gasteiger partial charge in [-0.2, -0.15) is 13.2 Å². The smallest absolute Gasteiger partial charge is 0.370 e. The number of nitrogens with two attached hydrogens (primary N) is 1. The van der Waals surface area contributed by atoms with Crippen molar-refractivity contribution < 1.29 is 30.8 Å². The molecule has 156 valence electrons. The highest BCUT2D eigenvalue weighted by Gasteiger charge is 2.49. The zero-order valence-electron chi connectivity index (χ0n) is 14.7. The van der Waals surface area contributed by atoms with Crippen molar-refractivity contribution in [2.24, 2.45) is 11.7 Å². The van der Waals surface area contributed by atoms with Gasteiger partial charge in [0.25, 0.3) is 9.84 Å². The molecule has 3 atom stereocenters. The largest absolute Gasteiger partial charge is 0.501 e. The summed E-state index contributed by atoms with van der Waals surface area (Å²) in [7, 11) is -5.71. The van der Waals surface area contributed by atoms with Gasteiger partial charge >= 0.3 is 5.51 Å². The van der Waals surface area contributed by atoms with Gasteiger partial charge in [-0.15, -0.1) is 0 Å². The lowest BCUT2D eigenvalue weighted by Gasteiger charge is -2.37. The lowest BCUT2D eigenvalue weighted by molar-refractivity contribution is -0.119. The van der Waals surface area contributed by atoms with E-state index in [4.69, 9.17) is 5.73 Å². The van der Waals surface area contributed by atoms with Crippen LogP contribution in [0.2, 0.25) is 0 Å². The van der Waals surface area contributed by atoms with Crippen LogP contribution in [0.1, 0.15) is 19.3 Å². The summed E-state index contributed by atoms with van der Waals surface area (Å²) in [6.45, 7) is 0.596. The van der Waals surface area contributed by atoms with Crippen molar-refractivity contribution in [2.45, 2.75) is 41.7 Å². The summed E-state index contributed by atoms with van der Waals surface area (Å²) >= 11 is 0. The molecule has 12 heteroatoms. The van der Waals surface area contributed by atoms with Gasteiger partial charge in [-0.3, -0.25) is 10.2 Å². The highest BCUT2D eigenvalue weighted by atomic mass is 32.2. The zero-order chi connectivity index (χ0) is 20.7. The first-order valence-corrected chi connectivity index (χ1v) is 10.1. The van der Waals surface area contributed by atoms with Crippen LogP contribution in [0.3, 0.4) is 0 Å². The van der Waals surface area contributed by atoms with Crippen molar-refractivity contribution >= 4 is 21.4 Å². The van der Waals surface area contributed by atoms with E-state index >= 15 is 0 Å². The number of hydrogen-bond donors (Lipinski definition) is 3. The number of sulfone groups is 1. The minimum atomic E-state index is -5.71. The molecule has 28 heavy (non-hydrogen) atoms. The minimum absolute atomic E-state index is 0.0582. The van der Waals surface area contributed by atoms with E-state index in [9.17, 15) is 30.8 Å². The van der Waals surface area contributed by atoms with Crippen LogP contribution in [0.25, 0.3) is 0 Å². The third-order valence-corrected chi connectivity index (χ3v) is 6.68. The number of halogens is 4. The Morgan fingerprint density at radius 3 is 2.57 bits per heavy atom. The van der Waals surface area contributed by atoms with Crippen LogP contribution in [0, 0.1) is 11.7 Å². The molecular formula is C16H20F4N4O3S. The van der Waals surface area contributed by atoms with E-state index in [1.807, 2.05) is 0 Å². The number of hydrazine groups is 1. The summed E-state index contributed by atoms with van der Waals surface area (Å²) in [5.41, 5.74) is 5.31. The van der Waals surface area contributed by atoms with Gasteiger partial charge in [0.2, 0.25) is 5.91 Å². The summed E-state index contributed by atoms with van der Waals surface area (Å²) in [4.78, 5) is 11.7. The topological polar surface area (TPSA) is 105 Å². The van der Waals surface area contributed by atoms with E-state index in [-0.39, 0.29) is 24.2 Å². The average molecular weight is 424 g/mol. The van der Waals surface area contributed by atoms with Gasteiger partial charge in [-0.05, 0) is 43.4 Å². The Morgan fingerprint density at radius 1 is 1.25 bits per heavy atom. The van der Waals surface area contributed by atoms with Crippen LogP contribution >= 0.6 is 0 Å². The molecule has 0 radical (unpaired) electrons. The maximum absolute atomic E-state index is 13.6. The number of nitrogens with zero attached hydrogens (tertiary/aromatic N) is 1. The molecular weight excluding hydrogens is 404 g/mol. The predicted octanol–water partition coefficient (Wildman–Crippen LogP) is 1.06. The second-order valence-electron chi connectivity index (χ2n) is 7.00. The standard InChI is InChI=1S/C16H20F4N4O3S/c17-10-3-4-13(14(6-10)28(26,27)16(18,19)20)24-5-1-2-9(8-24)11-7-12(15(21)25)23-22-11/h3-4,6,9,11-12,22-23H,1-2,5,7-8H2,(H2,21,25). The molecule has 0 aromatic heterocycles. The van der Waals surface area contributed by atoms with Crippen molar-refractivity contribution in [3.05, 3.63) is 24.0 Å². The quantitative estimate of drug-likeness (QED) is 0.625. The average Bonchev–Trinajstić information content (AvgIpc) is 3.11. The number of hydrogen-bond acceptors (Lipinski definition) is 6. The summed E-state index contributed by atoms with van der Waals surface area (Å²) in [5.74, 6) is -1.64. The fraction of sp³-hybridized carbons (Fsp3) is 0.562. The molecule has 4 N–H and O–H groups in total. The van der Waals surface area contributed by atoms with Gasteiger partial charge < -0.3 is 10.6 Å². The van der Waals surface area contributed by atoms with Crippen LogP contribution in [0.4, 0.5) is 23.2 Å². The number of carbonyl (C=O) groups is 1. The van der Waals surface area contributed by atoms with E-state index in [1.54, 1.807) is 0 Å². The third kappa shape index (κ3) is 3.94. The summed E-state index contributed by atoms with van der Waals surface area (Å²) in [6, 6.07) is 1.70. The second-order valence-corrected chi connectivity index (χ2v) is 8.90. The Bertz CT molecular complexity index is 862. The normalized spacial score (nSPS) is 26.4. The third-order valence-electron chi connectivity index (χ3n) is 5.16. The number of carbonyl (C=O) groups excluding carboxylic acids is 1. The van der Waals surface area contributed by atoms with E-state index in [1.165, 1.54) is 4.90 Å². The number of alkyl halides is 3. The van der Waals surface area contributed by atoms with E-state index < -0.39 is 38.0 Å². The van der Waals surface area contributed by atoms with Gasteiger partial charge in [0.1, 0.15) is 16.8 Å². The molecule has 2 saturated heterocycles. The molecule has 2 aliphatic heterocycles. The Labute approximate surface area is 159 Å². The summed E-state index contributed by atoms with van der Waals surface area (Å²) < 4.78 is 76.6. The first kappa shape index (κ1) is 20.8. The Kier molecular flexibility index (Phi) is 5.56. The monoisotopic (exact) mass is 424 g/mol. The van der Waals surface area contributed by atoms with Crippen LogP contribution < -0.4 is 21.5 Å². The maximum Gasteiger partial charge on any atom is 0.501 e. The Morgan fingerprint density at radius 2 is 1.96 bits per heavy atom. The fourth-order valence-corrected chi connectivity index (χ4v) is 4.71. The van der Waals surface area contributed by atoms with Crippen molar-refractivity contribution in [1.82, 2.24) is 10.9 Å². The number of benzene rings is 1. The Balaban J connectivity index is 1.87. The molecule has 7 nitrogen and oxygen atoms in total. The lowest BCUT2D eigenvalue weighted by atomic mass is 9.88. The second kappa shape index (κ2) is 7.48. The molecule has 1 aromatic rings. The molecule has 0 spiro atoms. The molecule has 3 unspecified atom stereocenters. The van der Waals surface area contributed by atoms with Crippen LogP contribution in [0.5, 0.6) is 0 Å². The molecule has 3 rings (SSSR count). The molecule has 2 aliphatic rings. The lowest BCUT2D eigenvalue weighted by Crippen LogP contribution is -2.46. The zero-order valence-corrected chi connectivity index (χ0v) is 15.5. The molecule has 0 bridgehead atoms. The maximum atomic E-state index is 13.6. The summed E-state index contributed by atoms with van der Waals surface area (Å²) in [6.07, 6.45) is 1.77. The molecule has 2 fully saturated rings. The van der Waals surface area contributed by atoms with Crippen molar-refractivity contribution in [1.29, 1.82) is 0 Å². The molecule has 0 saturated carbocycles. The molecule has 2 heterocycles. The van der Waals surface area contributed by atoms with Gasteiger partial charge in [-0.25, -0.2) is 18.2 Å². The molecule has 0 aliphatic carbocycles. The van der Waals surface area contributed by atoms with Crippen LogP contribution in [0.15, 0.2) is 23.1 Å². The van der Waals surface area contributed by atoms with Crippen LogP contribution in [-0.4, -0.2) is 45.0 Å². The van der Waals surface area contributed by atoms with Gasteiger partial charge in [0.15, 0.2) is 0 Å². The number of primary amides is 1. The predicted molar refractivity (Wildman–Crippen MR) is 92.2 cm³/mol. The number of piperidine rings is 1. The van der Waals surface area contributed by atoms with E-state index in [0.29, 0.717) is 25.5 Å². The van der Waals surface area contributed by atoms with Crippen molar-refractivity contribution in [2.75, 3.05) is 18.0 Å². The van der Waals surface area contributed by atoms with Crippen molar-refractivity contribution in [3.8, 4) is 0 Å². The number of anilines is 1. The van der Waals surface area contributed by atoms with E-state index in [0.717, 1.165) is 18.6 Å². The first-order chi connectivity index (χ1) is 13.0. The summed E-state index contributed by atoms with van der Waals surface area (Å²) in [5, 5.41) is 0. The number of rotatable bonds is 4. The SMILES string of the molecule is NC(=O)C1CC(C2CCCN(c3ccc(F)cc3S(=O)(=O)C(F)(F)F)C2)NN1. The number of amides is 1. The highest BCUT2D eigenvalue weighted by molar-refractivity contribution is 7.92. The fourth-order valence-electron chi connectivity index (χ4n) is 3.72. The van der Waals surface area contributed by atoms with Gasteiger partial charge in [0, 0.05) is 19.1 Å². The van der Waals surface area contributed by atoms with Crippen LogP contribution in [-0.2, 0) is 14.6 Å². The molecule has 1 amide bonds. The van der Waals surface area contributed by atoms with E-state index in [2.05, 4.69) is 10.9 Å². The van der Waals surface area contributed by atoms with Gasteiger partial charge in [-0.1, -0.05) is 0 Å². The van der Waals surface area contributed by atoms with Gasteiger partial charge in [0.05, 0.1) is 5.69 Å². The van der Waals surface area contributed by atoms with Crippen molar-refractivity contribution in [3.63, 3.8) is 0 Å². The highest BCUT2D eigenvalue weighted by Crippen LogP contribution is 2.38.